The van der Waals surface area contributed by atoms with Gasteiger partial charge in [-0.15, -0.1) is 0 Å². The highest BCUT2D eigenvalue weighted by Gasteiger charge is 2.12. The van der Waals surface area contributed by atoms with Gasteiger partial charge in [-0.1, -0.05) is 6.07 Å². The highest BCUT2D eigenvalue weighted by molar-refractivity contribution is 5.84. The molecule has 0 unspecified atom stereocenters. The molecular formula is C14H9F2N3. The molecule has 2 heterocycles. The average Bonchev–Trinajstić information content (AvgIpc) is 2.41. The van der Waals surface area contributed by atoms with E-state index >= 15 is 0 Å². The zero-order valence-electron chi connectivity index (χ0n) is 10.1. The van der Waals surface area contributed by atoms with Crippen LogP contribution >= 0.6 is 0 Å². The van der Waals surface area contributed by atoms with Crippen LogP contribution in [0.1, 0.15) is 5.82 Å². The largest absolute Gasteiger partial charge is 0.253 e. The fourth-order valence-corrected chi connectivity index (χ4v) is 1.94. The molecule has 1 aromatic carbocycles. The zero-order chi connectivity index (χ0) is 13.4. The Labute approximate surface area is 108 Å². The number of hydrogen-bond donors (Lipinski definition) is 0. The lowest BCUT2D eigenvalue weighted by Gasteiger charge is -2.06. The number of aromatic nitrogens is 3. The Morgan fingerprint density at radius 1 is 1.05 bits per heavy atom. The van der Waals surface area contributed by atoms with Gasteiger partial charge in [0.15, 0.2) is 5.82 Å². The number of pyridine rings is 1. The van der Waals surface area contributed by atoms with Gasteiger partial charge < -0.3 is 0 Å². The standard InChI is InChI=1S/C14H9F2N3/c1-8-18-7-12(16)14(19-8)10-5-9-3-2-4-17-13(9)11(15)6-10/h2-7H,1H3. The van der Waals surface area contributed by atoms with Crippen LogP contribution in [0.2, 0.25) is 0 Å². The van der Waals surface area contributed by atoms with Crippen molar-refractivity contribution in [2.75, 3.05) is 0 Å². The smallest absolute Gasteiger partial charge is 0.167 e. The highest BCUT2D eigenvalue weighted by Crippen LogP contribution is 2.26. The summed E-state index contributed by atoms with van der Waals surface area (Å²) in [6.45, 7) is 1.65. The van der Waals surface area contributed by atoms with Crippen LogP contribution in [-0.2, 0) is 0 Å². The van der Waals surface area contributed by atoms with Gasteiger partial charge in [0, 0.05) is 17.1 Å². The fourth-order valence-electron chi connectivity index (χ4n) is 1.94. The number of hydrogen-bond acceptors (Lipinski definition) is 3. The molecule has 0 aliphatic carbocycles. The number of fused-ring (bicyclic) bond motifs is 1. The van der Waals surface area contributed by atoms with Crippen LogP contribution in [-0.4, -0.2) is 15.0 Å². The van der Waals surface area contributed by atoms with Crippen LogP contribution in [0.15, 0.2) is 36.7 Å². The van der Waals surface area contributed by atoms with E-state index in [1.807, 2.05) is 0 Å². The van der Waals surface area contributed by atoms with Gasteiger partial charge >= 0.3 is 0 Å². The summed E-state index contributed by atoms with van der Waals surface area (Å²) in [5.41, 5.74) is 0.732. The number of aryl methyl sites for hydroxylation is 1. The van der Waals surface area contributed by atoms with Crippen LogP contribution in [0.25, 0.3) is 22.2 Å². The molecule has 19 heavy (non-hydrogen) atoms. The maximum atomic E-state index is 13.9. The molecule has 0 atom stereocenters. The number of nitrogens with zero attached hydrogens (tertiary/aromatic N) is 3. The molecule has 0 aliphatic heterocycles. The SMILES string of the molecule is Cc1ncc(F)c(-c2cc(F)c3ncccc3c2)n1. The minimum absolute atomic E-state index is 0.0946. The van der Waals surface area contributed by atoms with Crippen molar-refractivity contribution in [3.8, 4) is 11.3 Å². The molecule has 0 fully saturated rings. The molecular weight excluding hydrogens is 248 g/mol. The van der Waals surface area contributed by atoms with Crippen LogP contribution in [0.5, 0.6) is 0 Å². The minimum Gasteiger partial charge on any atom is -0.253 e. The van der Waals surface area contributed by atoms with Gasteiger partial charge in [0.1, 0.15) is 22.9 Å². The van der Waals surface area contributed by atoms with Crippen molar-refractivity contribution in [2.24, 2.45) is 0 Å². The molecule has 0 saturated carbocycles. The van der Waals surface area contributed by atoms with E-state index in [0.29, 0.717) is 16.8 Å². The van der Waals surface area contributed by atoms with Crippen LogP contribution in [0, 0.1) is 18.6 Å². The predicted octanol–water partition coefficient (Wildman–Crippen LogP) is 3.28. The Morgan fingerprint density at radius 2 is 1.89 bits per heavy atom. The normalized spacial score (nSPS) is 10.9. The van der Waals surface area contributed by atoms with Crippen molar-refractivity contribution in [1.29, 1.82) is 0 Å². The number of halogens is 2. The van der Waals surface area contributed by atoms with Crippen LogP contribution in [0.3, 0.4) is 0 Å². The van der Waals surface area contributed by atoms with E-state index < -0.39 is 11.6 Å². The quantitative estimate of drug-likeness (QED) is 0.671. The Bertz CT molecular complexity index is 772. The molecule has 2 aromatic heterocycles. The number of rotatable bonds is 1. The summed E-state index contributed by atoms with van der Waals surface area (Å²) in [6, 6.07) is 6.32. The van der Waals surface area contributed by atoms with Crippen LogP contribution in [0.4, 0.5) is 8.78 Å². The van der Waals surface area contributed by atoms with Crippen molar-refractivity contribution in [3.63, 3.8) is 0 Å². The first-order chi connectivity index (χ1) is 9.15. The lowest BCUT2D eigenvalue weighted by Crippen LogP contribution is -1.96. The maximum absolute atomic E-state index is 13.9. The van der Waals surface area contributed by atoms with Crippen molar-refractivity contribution in [2.45, 2.75) is 6.92 Å². The molecule has 3 nitrogen and oxygen atoms in total. The summed E-state index contributed by atoms with van der Waals surface area (Å²) in [5, 5.41) is 0.605. The summed E-state index contributed by atoms with van der Waals surface area (Å²) in [5.74, 6) is -0.639. The Kier molecular flexibility index (Phi) is 2.67. The van der Waals surface area contributed by atoms with E-state index in [-0.39, 0.29) is 11.2 Å². The highest BCUT2D eigenvalue weighted by atomic mass is 19.1. The Morgan fingerprint density at radius 3 is 2.74 bits per heavy atom. The summed E-state index contributed by atoms with van der Waals surface area (Å²) >= 11 is 0. The van der Waals surface area contributed by atoms with Crippen molar-refractivity contribution >= 4 is 10.9 Å². The zero-order valence-corrected chi connectivity index (χ0v) is 10.1. The predicted molar refractivity (Wildman–Crippen MR) is 67.4 cm³/mol. The molecule has 5 heteroatoms. The van der Waals surface area contributed by atoms with Gasteiger partial charge in [-0.25, -0.2) is 18.7 Å². The molecule has 3 aromatic rings. The summed E-state index contributed by atoms with van der Waals surface area (Å²) in [4.78, 5) is 11.7. The van der Waals surface area contributed by atoms with E-state index in [9.17, 15) is 8.78 Å². The molecule has 0 N–H and O–H groups in total. The lowest BCUT2D eigenvalue weighted by molar-refractivity contribution is 0.614. The molecule has 94 valence electrons. The summed E-state index contributed by atoms with van der Waals surface area (Å²) < 4.78 is 27.7. The fraction of sp³-hybridized carbons (Fsp3) is 0.0714. The van der Waals surface area contributed by atoms with Gasteiger partial charge in [-0.2, -0.15) is 0 Å². The van der Waals surface area contributed by atoms with E-state index in [4.69, 9.17) is 0 Å². The second kappa shape index (κ2) is 4.35. The molecule has 0 radical (unpaired) electrons. The van der Waals surface area contributed by atoms with E-state index in [2.05, 4.69) is 15.0 Å². The first kappa shape index (κ1) is 11.6. The molecule has 0 spiro atoms. The maximum Gasteiger partial charge on any atom is 0.167 e. The first-order valence-electron chi connectivity index (χ1n) is 5.69. The average molecular weight is 257 g/mol. The molecule has 0 saturated heterocycles. The molecule has 0 bridgehead atoms. The van der Waals surface area contributed by atoms with E-state index in [1.54, 1.807) is 25.1 Å². The molecule has 3 rings (SSSR count). The Balaban J connectivity index is 2.28. The summed E-state index contributed by atoms with van der Waals surface area (Å²) in [7, 11) is 0. The second-order valence-corrected chi connectivity index (χ2v) is 4.15. The first-order valence-corrected chi connectivity index (χ1v) is 5.69. The van der Waals surface area contributed by atoms with Crippen molar-refractivity contribution in [1.82, 2.24) is 15.0 Å². The second-order valence-electron chi connectivity index (χ2n) is 4.15. The monoisotopic (exact) mass is 257 g/mol. The lowest BCUT2D eigenvalue weighted by atomic mass is 10.1. The molecule has 0 amide bonds. The van der Waals surface area contributed by atoms with Gasteiger partial charge in [-0.05, 0) is 25.1 Å². The van der Waals surface area contributed by atoms with Gasteiger partial charge in [0.05, 0.1) is 6.20 Å². The van der Waals surface area contributed by atoms with Crippen molar-refractivity contribution in [3.05, 3.63) is 54.1 Å². The van der Waals surface area contributed by atoms with Crippen LogP contribution < -0.4 is 0 Å². The third kappa shape index (κ3) is 2.03. The Hall–Kier alpha value is -2.43. The third-order valence-corrected chi connectivity index (χ3v) is 2.80. The van der Waals surface area contributed by atoms with Gasteiger partial charge in [-0.3, -0.25) is 4.98 Å². The van der Waals surface area contributed by atoms with Gasteiger partial charge in [0.25, 0.3) is 0 Å². The third-order valence-electron chi connectivity index (χ3n) is 2.80. The summed E-state index contributed by atoms with van der Waals surface area (Å²) in [6.07, 6.45) is 2.60. The minimum atomic E-state index is -0.576. The molecule has 0 aliphatic rings. The van der Waals surface area contributed by atoms with E-state index in [1.165, 1.54) is 12.3 Å². The van der Waals surface area contributed by atoms with Gasteiger partial charge in [0.2, 0.25) is 0 Å². The number of benzene rings is 1. The van der Waals surface area contributed by atoms with Crippen molar-refractivity contribution < 1.29 is 8.78 Å². The topological polar surface area (TPSA) is 38.7 Å². The van der Waals surface area contributed by atoms with E-state index in [0.717, 1.165) is 6.20 Å².